The van der Waals surface area contributed by atoms with E-state index in [0.29, 0.717) is 31.3 Å². The molecule has 1 aliphatic heterocycles. The average molecular weight is 375 g/mol. The maximum Gasteiger partial charge on any atom is 0.240 e. The molecule has 0 aromatic heterocycles. The number of hydrogen-bond donors (Lipinski definition) is 1. The Morgan fingerprint density at radius 3 is 2.38 bits per heavy atom. The van der Waals surface area contributed by atoms with Crippen molar-refractivity contribution in [2.24, 2.45) is 0 Å². The lowest BCUT2D eigenvalue weighted by atomic mass is 9.96. The number of sulfonamides is 1. The van der Waals surface area contributed by atoms with Crippen LogP contribution in [0.15, 0.2) is 47.4 Å². The fraction of sp³-hybridized carbons (Fsp3) is 0.368. The first kappa shape index (κ1) is 17.2. The third kappa shape index (κ3) is 3.24. The van der Waals surface area contributed by atoms with Gasteiger partial charge in [-0.05, 0) is 42.7 Å². The van der Waals surface area contributed by atoms with Crippen molar-refractivity contribution in [2.45, 2.75) is 23.2 Å². The minimum atomic E-state index is -3.62. The molecule has 6 nitrogen and oxygen atoms in total. The van der Waals surface area contributed by atoms with Gasteiger partial charge >= 0.3 is 0 Å². The van der Waals surface area contributed by atoms with Crippen molar-refractivity contribution in [1.29, 1.82) is 0 Å². The first-order chi connectivity index (χ1) is 12.5. The van der Waals surface area contributed by atoms with Crippen molar-refractivity contribution in [1.82, 2.24) is 4.72 Å². The van der Waals surface area contributed by atoms with Gasteiger partial charge in [0.2, 0.25) is 10.0 Å². The number of ether oxygens (including phenoxy) is 3. The highest BCUT2D eigenvalue weighted by molar-refractivity contribution is 7.89. The lowest BCUT2D eigenvalue weighted by Gasteiger charge is -2.20. The quantitative estimate of drug-likeness (QED) is 0.840. The molecule has 1 N–H and O–H groups in total. The van der Waals surface area contributed by atoms with Crippen LogP contribution in [0.1, 0.15) is 18.4 Å². The zero-order chi connectivity index (χ0) is 18.2. The van der Waals surface area contributed by atoms with Crippen molar-refractivity contribution >= 4 is 10.0 Å². The van der Waals surface area contributed by atoms with E-state index in [2.05, 4.69) is 4.72 Å². The lowest BCUT2D eigenvalue weighted by molar-refractivity contribution is 0.171. The second-order valence-electron chi connectivity index (χ2n) is 6.64. The molecule has 0 spiro atoms. The molecule has 0 unspecified atom stereocenters. The van der Waals surface area contributed by atoms with Crippen LogP contribution < -0.4 is 18.9 Å². The Labute approximate surface area is 153 Å². The van der Waals surface area contributed by atoms with E-state index >= 15 is 0 Å². The van der Waals surface area contributed by atoms with Gasteiger partial charge < -0.3 is 14.2 Å². The molecule has 26 heavy (non-hydrogen) atoms. The Hall–Kier alpha value is -2.25. The van der Waals surface area contributed by atoms with Crippen LogP contribution in [0.2, 0.25) is 0 Å². The average Bonchev–Trinajstić information content (AvgIpc) is 3.47. The molecular weight excluding hydrogens is 354 g/mol. The fourth-order valence-electron chi connectivity index (χ4n) is 3.17. The van der Waals surface area contributed by atoms with E-state index in [-0.39, 0.29) is 10.3 Å². The van der Waals surface area contributed by atoms with Gasteiger partial charge in [-0.25, -0.2) is 13.1 Å². The monoisotopic (exact) mass is 375 g/mol. The molecule has 0 atom stereocenters. The Morgan fingerprint density at radius 2 is 1.73 bits per heavy atom. The Morgan fingerprint density at radius 1 is 1.04 bits per heavy atom. The fourth-order valence-corrected chi connectivity index (χ4v) is 4.31. The second kappa shape index (κ2) is 6.48. The molecule has 2 aromatic rings. The summed E-state index contributed by atoms with van der Waals surface area (Å²) in [5, 5.41) is 0. The van der Waals surface area contributed by atoms with Gasteiger partial charge in [0.1, 0.15) is 19.0 Å². The van der Waals surface area contributed by atoms with Gasteiger partial charge in [0.05, 0.1) is 12.0 Å². The van der Waals surface area contributed by atoms with Crippen molar-refractivity contribution < 1.29 is 22.6 Å². The van der Waals surface area contributed by atoms with Gasteiger partial charge in [0.15, 0.2) is 11.5 Å². The molecule has 0 bridgehead atoms. The molecule has 2 aliphatic rings. The van der Waals surface area contributed by atoms with Gasteiger partial charge in [-0.1, -0.05) is 12.1 Å². The standard InChI is InChI=1S/C19H21NO5S/c1-23-15-4-2-14(3-5-15)19(8-9-19)13-20-26(21,22)16-6-7-17-18(12-16)25-11-10-24-17/h2-7,12,20H,8-11,13H2,1H3. The molecule has 0 saturated heterocycles. The summed E-state index contributed by atoms with van der Waals surface area (Å²) in [6.07, 6.45) is 1.92. The number of benzene rings is 2. The topological polar surface area (TPSA) is 73.9 Å². The highest BCUT2D eigenvalue weighted by atomic mass is 32.2. The highest BCUT2D eigenvalue weighted by Crippen LogP contribution is 2.48. The molecule has 1 aliphatic carbocycles. The minimum absolute atomic E-state index is 0.132. The maximum atomic E-state index is 12.7. The summed E-state index contributed by atoms with van der Waals surface area (Å²) in [6.45, 7) is 1.27. The Kier molecular flexibility index (Phi) is 4.28. The Balaban J connectivity index is 1.49. The summed E-state index contributed by atoms with van der Waals surface area (Å²) in [5.41, 5.74) is 0.996. The van der Waals surface area contributed by atoms with Crippen LogP contribution in [-0.4, -0.2) is 35.3 Å². The number of rotatable bonds is 6. The Bertz CT molecular complexity index is 904. The third-order valence-corrected chi connectivity index (χ3v) is 6.38. The minimum Gasteiger partial charge on any atom is -0.497 e. The van der Waals surface area contributed by atoms with E-state index < -0.39 is 10.0 Å². The zero-order valence-corrected chi connectivity index (χ0v) is 15.3. The molecule has 0 amide bonds. The molecule has 1 heterocycles. The largest absolute Gasteiger partial charge is 0.497 e. The summed E-state index contributed by atoms with van der Waals surface area (Å²) < 4.78 is 44.3. The molecule has 138 valence electrons. The third-order valence-electron chi connectivity index (χ3n) is 4.98. The van der Waals surface area contributed by atoms with Crippen molar-refractivity contribution in [3.05, 3.63) is 48.0 Å². The van der Waals surface area contributed by atoms with Crippen molar-refractivity contribution in [2.75, 3.05) is 26.9 Å². The first-order valence-corrected chi connectivity index (χ1v) is 10.0. The molecule has 1 saturated carbocycles. The van der Waals surface area contributed by atoms with Crippen LogP contribution in [0.4, 0.5) is 0 Å². The number of fused-ring (bicyclic) bond motifs is 1. The van der Waals surface area contributed by atoms with Gasteiger partial charge in [-0.2, -0.15) is 0 Å². The van der Waals surface area contributed by atoms with E-state index in [4.69, 9.17) is 14.2 Å². The number of hydrogen-bond acceptors (Lipinski definition) is 5. The predicted octanol–water partition coefficient (Wildman–Crippen LogP) is 2.48. The van der Waals surface area contributed by atoms with E-state index in [1.54, 1.807) is 19.2 Å². The highest BCUT2D eigenvalue weighted by Gasteiger charge is 2.44. The van der Waals surface area contributed by atoms with E-state index in [9.17, 15) is 8.42 Å². The van der Waals surface area contributed by atoms with E-state index in [1.165, 1.54) is 6.07 Å². The van der Waals surface area contributed by atoms with Crippen molar-refractivity contribution in [3.8, 4) is 17.2 Å². The van der Waals surface area contributed by atoms with Crippen molar-refractivity contribution in [3.63, 3.8) is 0 Å². The number of methoxy groups -OCH3 is 1. The molecule has 1 fully saturated rings. The first-order valence-electron chi connectivity index (χ1n) is 8.56. The molecule has 2 aromatic carbocycles. The van der Waals surface area contributed by atoms with Gasteiger partial charge in [0, 0.05) is 18.0 Å². The molecule has 7 heteroatoms. The SMILES string of the molecule is COc1ccc(C2(CNS(=O)(=O)c3ccc4c(c3)OCCO4)CC2)cc1. The maximum absolute atomic E-state index is 12.7. The normalized spacial score (nSPS) is 17.6. The van der Waals surface area contributed by atoms with Gasteiger partial charge in [-0.3, -0.25) is 0 Å². The van der Waals surface area contributed by atoms with Crippen LogP contribution in [0.25, 0.3) is 0 Å². The summed E-state index contributed by atoms with van der Waals surface area (Å²) in [7, 11) is -1.99. The van der Waals surface area contributed by atoms with E-state index in [1.807, 2.05) is 24.3 Å². The smallest absolute Gasteiger partial charge is 0.240 e. The zero-order valence-electron chi connectivity index (χ0n) is 14.5. The van der Waals surface area contributed by atoms with Crippen LogP contribution in [0.5, 0.6) is 17.2 Å². The molecule has 0 radical (unpaired) electrons. The summed E-state index contributed by atoms with van der Waals surface area (Å²) >= 11 is 0. The molecule has 4 rings (SSSR count). The number of nitrogens with one attached hydrogen (secondary N) is 1. The summed E-state index contributed by atoms with van der Waals surface area (Å²) in [4.78, 5) is 0.187. The predicted molar refractivity (Wildman–Crippen MR) is 96.5 cm³/mol. The van der Waals surface area contributed by atoms with Gasteiger partial charge in [0.25, 0.3) is 0 Å². The lowest BCUT2D eigenvalue weighted by Crippen LogP contribution is -2.32. The summed E-state index contributed by atoms with van der Waals surface area (Å²) in [6, 6.07) is 12.5. The summed E-state index contributed by atoms with van der Waals surface area (Å²) in [5.74, 6) is 1.84. The van der Waals surface area contributed by atoms with E-state index in [0.717, 1.165) is 24.2 Å². The van der Waals surface area contributed by atoms with Crippen LogP contribution in [-0.2, 0) is 15.4 Å². The van der Waals surface area contributed by atoms with Crippen LogP contribution in [0.3, 0.4) is 0 Å². The second-order valence-corrected chi connectivity index (χ2v) is 8.41. The van der Waals surface area contributed by atoms with Gasteiger partial charge in [-0.15, -0.1) is 0 Å². The van der Waals surface area contributed by atoms with Crippen LogP contribution >= 0.6 is 0 Å². The molecular formula is C19H21NO5S. The van der Waals surface area contributed by atoms with Crippen LogP contribution in [0, 0.1) is 0 Å².